The number of ether oxygens (including phenoxy) is 1. The standard InChI is InChI=1S/C17H28N4O/c1-12(2)21-10-15(16(11-21)22-3)20-17-18-9-8-14(19-17)13-6-4-5-7-13/h8-9,12-13,15-16H,4-7,10-11H2,1-3H3,(H,18,19,20)/t15-,16-/m0/s1. The quantitative estimate of drug-likeness (QED) is 0.906. The molecule has 1 N–H and O–H groups in total. The fourth-order valence-corrected chi connectivity index (χ4v) is 3.66. The van der Waals surface area contributed by atoms with Crippen LogP contribution in [0.5, 0.6) is 0 Å². The van der Waals surface area contributed by atoms with E-state index >= 15 is 0 Å². The molecule has 122 valence electrons. The van der Waals surface area contributed by atoms with Crippen LogP contribution in [0.2, 0.25) is 0 Å². The molecule has 2 heterocycles. The van der Waals surface area contributed by atoms with Crippen LogP contribution in [0.1, 0.15) is 51.1 Å². The van der Waals surface area contributed by atoms with Crippen molar-refractivity contribution in [1.82, 2.24) is 14.9 Å². The minimum absolute atomic E-state index is 0.195. The van der Waals surface area contributed by atoms with E-state index in [-0.39, 0.29) is 12.1 Å². The molecule has 5 nitrogen and oxygen atoms in total. The molecular weight excluding hydrogens is 276 g/mol. The third kappa shape index (κ3) is 3.41. The zero-order valence-electron chi connectivity index (χ0n) is 14.0. The SMILES string of the molecule is CO[C@H]1CN(C(C)C)C[C@@H]1Nc1nccc(C2CCCC2)n1. The lowest BCUT2D eigenvalue weighted by molar-refractivity contribution is 0.0982. The highest BCUT2D eigenvalue weighted by molar-refractivity contribution is 5.29. The summed E-state index contributed by atoms with van der Waals surface area (Å²) in [5.41, 5.74) is 1.20. The Morgan fingerprint density at radius 1 is 1.27 bits per heavy atom. The van der Waals surface area contributed by atoms with Crippen LogP contribution >= 0.6 is 0 Å². The Morgan fingerprint density at radius 3 is 2.73 bits per heavy atom. The normalized spacial score (nSPS) is 26.9. The van der Waals surface area contributed by atoms with Crippen LogP contribution in [-0.4, -0.2) is 53.3 Å². The number of nitrogens with one attached hydrogen (secondary N) is 1. The Bertz CT molecular complexity index is 487. The maximum absolute atomic E-state index is 5.65. The Morgan fingerprint density at radius 2 is 2.05 bits per heavy atom. The summed E-state index contributed by atoms with van der Waals surface area (Å²) in [5, 5.41) is 3.50. The van der Waals surface area contributed by atoms with E-state index < -0.39 is 0 Å². The highest BCUT2D eigenvalue weighted by Crippen LogP contribution is 2.33. The summed E-state index contributed by atoms with van der Waals surface area (Å²) in [6, 6.07) is 2.87. The first-order valence-corrected chi connectivity index (χ1v) is 8.53. The molecule has 1 aromatic heterocycles. The first-order chi connectivity index (χ1) is 10.7. The third-order valence-electron chi connectivity index (χ3n) is 5.09. The van der Waals surface area contributed by atoms with E-state index in [1.54, 1.807) is 7.11 Å². The molecule has 0 spiro atoms. The predicted octanol–water partition coefficient (Wildman–Crippen LogP) is 2.65. The van der Waals surface area contributed by atoms with Gasteiger partial charge < -0.3 is 10.1 Å². The van der Waals surface area contributed by atoms with Gasteiger partial charge in [0, 0.05) is 44.0 Å². The molecule has 1 aliphatic heterocycles. The number of methoxy groups -OCH3 is 1. The van der Waals surface area contributed by atoms with Crippen molar-refractivity contribution < 1.29 is 4.74 Å². The first-order valence-electron chi connectivity index (χ1n) is 8.53. The first kappa shape index (κ1) is 15.7. The molecule has 3 rings (SSSR count). The summed E-state index contributed by atoms with van der Waals surface area (Å²) in [6.45, 7) is 6.40. The average Bonchev–Trinajstić information content (AvgIpc) is 3.17. The van der Waals surface area contributed by atoms with Gasteiger partial charge in [0.2, 0.25) is 5.95 Å². The number of rotatable bonds is 5. The van der Waals surface area contributed by atoms with Crippen LogP contribution < -0.4 is 5.32 Å². The van der Waals surface area contributed by atoms with Gasteiger partial charge in [-0.05, 0) is 32.8 Å². The van der Waals surface area contributed by atoms with Gasteiger partial charge in [0.1, 0.15) is 0 Å². The second-order valence-electron chi connectivity index (χ2n) is 6.86. The smallest absolute Gasteiger partial charge is 0.223 e. The lowest BCUT2D eigenvalue weighted by atomic mass is 10.0. The molecule has 1 aliphatic carbocycles. The molecule has 0 radical (unpaired) electrons. The van der Waals surface area contributed by atoms with E-state index in [0.29, 0.717) is 12.0 Å². The van der Waals surface area contributed by atoms with Crippen molar-refractivity contribution in [2.75, 3.05) is 25.5 Å². The molecule has 2 fully saturated rings. The topological polar surface area (TPSA) is 50.3 Å². The van der Waals surface area contributed by atoms with Crippen molar-refractivity contribution in [1.29, 1.82) is 0 Å². The Hall–Kier alpha value is -1.20. The number of anilines is 1. The van der Waals surface area contributed by atoms with E-state index in [4.69, 9.17) is 9.72 Å². The number of aromatic nitrogens is 2. The third-order valence-corrected chi connectivity index (χ3v) is 5.09. The summed E-state index contributed by atoms with van der Waals surface area (Å²) in [7, 11) is 1.79. The number of hydrogen-bond donors (Lipinski definition) is 1. The van der Waals surface area contributed by atoms with Crippen molar-refractivity contribution >= 4 is 5.95 Å². The van der Waals surface area contributed by atoms with Crippen molar-refractivity contribution in [3.8, 4) is 0 Å². The monoisotopic (exact) mass is 304 g/mol. The van der Waals surface area contributed by atoms with E-state index in [0.717, 1.165) is 19.0 Å². The van der Waals surface area contributed by atoms with Gasteiger partial charge in [0.15, 0.2) is 0 Å². The molecule has 0 amide bonds. The van der Waals surface area contributed by atoms with Crippen molar-refractivity contribution in [3.05, 3.63) is 18.0 Å². The van der Waals surface area contributed by atoms with Crippen LogP contribution in [-0.2, 0) is 4.74 Å². The van der Waals surface area contributed by atoms with Gasteiger partial charge in [-0.1, -0.05) is 12.8 Å². The Balaban J connectivity index is 1.68. The highest BCUT2D eigenvalue weighted by Gasteiger charge is 2.34. The molecule has 5 heteroatoms. The largest absolute Gasteiger partial charge is 0.378 e. The van der Waals surface area contributed by atoms with Gasteiger partial charge in [-0.3, -0.25) is 4.90 Å². The van der Waals surface area contributed by atoms with Crippen LogP contribution in [0.4, 0.5) is 5.95 Å². The van der Waals surface area contributed by atoms with Gasteiger partial charge in [0.05, 0.1) is 12.1 Å². The number of likely N-dealkylation sites (tertiary alicyclic amines) is 1. The van der Waals surface area contributed by atoms with Crippen LogP contribution in [0.3, 0.4) is 0 Å². The molecule has 2 atom stereocenters. The fourth-order valence-electron chi connectivity index (χ4n) is 3.66. The van der Waals surface area contributed by atoms with Gasteiger partial charge >= 0.3 is 0 Å². The maximum atomic E-state index is 5.65. The molecule has 0 unspecified atom stereocenters. The molecular formula is C17H28N4O. The minimum Gasteiger partial charge on any atom is -0.378 e. The molecule has 22 heavy (non-hydrogen) atoms. The van der Waals surface area contributed by atoms with Gasteiger partial charge in [-0.25, -0.2) is 9.97 Å². The Labute approximate surface area is 133 Å². The summed E-state index contributed by atoms with van der Waals surface area (Å²) in [6.07, 6.45) is 7.27. The van der Waals surface area contributed by atoms with E-state index in [2.05, 4.69) is 35.1 Å². The molecule has 0 bridgehead atoms. The van der Waals surface area contributed by atoms with Gasteiger partial charge in [0.25, 0.3) is 0 Å². The summed E-state index contributed by atoms with van der Waals surface area (Å²) >= 11 is 0. The van der Waals surface area contributed by atoms with Crippen LogP contribution in [0, 0.1) is 0 Å². The lowest BCUT2D eigenvalue weighted by Crippen LogP contribution is -2.34. The summed E-state index contributed by atoms with van der Waals surface area (Å²) < 4.78 is 5.65. The highest BCUT2D eigenvalue weighted by atomic mass is 16.5. The minimum atomic E-state index is 0.195. The van der Waals surface area contributed by atoms with E-state index in [1.165, 1.54) is 31.4 Å². The zero-order chi connectivity index (χ0) is 15.5. The van der Waals surface area contributed by atoms with E-state index in [9.17, 15) is 0 Å². The van der Waals surface area contributed by atoms with Crippen molar-refractivity contribution in [3.63, 3.8) is 0 Å². The maximum Gasteiger partial charge on any atom is 0.223 e. The second-order valence-corrected chi connectivity index (χ2v) is 6.86. The number of nitrogens with zero attached hydrogens (tertiary/aromatic N) is 3. The predicted molar refractivity (Wildman–Crippen MR) is 88.2 cm³/mol. The fraction of sp³-hybridized carbons (Fsp3) is 0.765. The van der Waals surface area contributed by atoms with Crippen LogP contribution in [0.15, 0.2) is 12.3 Å². The lowest BCUT2D eigenvalue weighted by Gasteiger charge is -2.20. The molecule has 2 aliphatic rings. The average molecular weight is 304 g/mol. The van der Waals surface area contributed by atoms with Gasteiger partial charge in [-0.2, -0.15) is 0 Å². The second kappa shape index (κ2) is 6.92. The van der Waals surface area contributed by atoms with E-state index in [1.807, 2.05) is 6.20 Å². The zero-order valence-corrected chi connectivity index (χ0v) is 14.0. The summed E-state index contributed by atoms with van der Waals surface area (Å²) in [5.74, 6) is 1.37. The van der Waals surface area contributed by atoms with Gasteiger partial charge in [-0.15, -0.1) is 0 Å². The number of hydrogen-bond acceptors (Lipinski definition) is 5. The van der Waals surface area contributed by atoms with Crippen molar-refractivity contribution in [2.24, 2.45) is 0 Å². The van der Waals surface area contributed by atoms with Crippen LogP contribution in [0.25, 0.3) is 0 Å². The molecule has 0 aromatic carbocycles. The molecule has 1 saturated heterocycles. The Kier molecular flexibility index (Phi) is 4.93. The van der Waals surface area contributed by atoms with Crippen molar-refractivity contribution in [2.45, 2.75) is 63.6 Å². The summed E-state index contributed by atoms with van der Waals surface area (Å²) in [4.78, 5) is 11.6. The molecule has 1 saturated carbocycles. The molecule has 1 aromatic rings.